The van der Waals surface area contributed by atoms with Gasteiger partial charge in [0.15, 0.2) is 6.61 Å². The molecule has 4 atom stereocenters. The number of halogens is 1. The van der Waals surface area contributed by atoms with Crippen LogP contribution in [0.4, 0.5) is 4.39 Å². The molecular weight excluding hydrogens is 359 g/mol. The Morgan fingerprint density at radius 1 is 1.14 bits per heavy atom. The van der Waals surface area contributed by atoms with E-state index in [1.54, 1.807) is 12.1 Å². The SMILES string of the molecule is CN(C)[C@@H]1C[C@@H]2CN(C(=O)COc3ccc(F)cc3)C[C@@H]2C[C@H]1OCC1CC1. The molecule has 3 aliphatic rings. The second-order valence-electron chi connectivity index (χ2n) is 8.88. The smallest absolute Gasteiger partial charge is 0.260 e. The third-order valence-electron chi connectivity index (χ3n) is 6.52. The lowest BCUT2D eigenvalue weighted by atomic mass is 9.77. The molecule has 28 heavy (non-hydrogen) atoms. The van der Waals surface area contributed by atoms with Gasteiger partial charge >= 0.3 is 0 Å². The van der Waals surface area contributed by atoms with Crippen LogP contribution in [-0.2, 0) is 9.53 Å². The quantitative estimate of drug-likeness (QED) is 0.718. The summed E-state index contributed by atoms with van der Waals surface area (Å²) in [5.74, 6) is 2.03. The van der Waals surface area contributed by atoms with E-state index in [0.29, 0.717) is 23.6 Å². The van der Waals surface area contributed by atoms with E-state index in [-0.39, 0.29) is 24.4 Å². The van der Waals surface area contributed by atoms with Gasteiger partial charge in [0, 0.05) is 25.7 Å². The van der Waals surface area contributed by atoms with Crippen LogP contribution in [0.3, 0.4) is 0 Å². The second kappa shape index (κ2) is 8.37. The Morgan fingerprint density at radius 2 is 1.82 bits per heavy atom. The van der Waals surface area contributed by atoms with Crippen molar-refractivity contribution in [3.8, 4) is 5.75 Å². The summed E-state index contributed by atoms with van der Waals surface area (Å²) in [5.41, 5.74) is 0. The minimum Gasteiger partial charge on any atom is -0.484 e. The molecule has 5 nitrogen and oxygen atoms in total. The van der Waals surface area contributed by atoms with Crippen molar-refractivity contribution in [2.45, 2.75) is 37.8 Å². The normalized spacial score (nSPS) is 29.8. The molecule has 1 aromatic carbocycles. The summed E-state index contributed by atoms with van der Waals surface area (Å²) in [4.78, 5) is 16.9. The first-order valence-electron chi connectivity index (χ1n) is 10.4. The van der Waals surface area contributed by atoms with E-state index in [4.69, 9.17) is 9.47 Å². The van der Waals surface area contributed by atoms with Gasteiger partial charge in [0.1, 0.15) is 11.6 Å². The molecule has 0 spiro atoms. The lowest BCUT2D eigenvalue weighted by Crippen LogP contribution is -2.48. The topological polar surface area (TPSA) is 42.0 Å². The number of hydrogen-bond donors (Lipinski definition) is 0. The van der Waals surface area contributed by atoms with Crippen LogP contribution in [0.5, 0.6) is 5.75 Å². The number of likely N-dealkylation sites (N-methyl/N-ethyl adjacent to an activating group) is 1. The zero-order chi connectivity index (χ0) is 19.7. The molecule has 3 fully saturated rings. The van der Waals surface area contributed by atoms with Gasteiger partial charge in [-0.3, -0.25) is 4.79 Å². The van der Waals surface area contributed by atoms with Gasteiger partial charge in [-0.25, -0.2) is 4.39 Å². The monoisotopic (exact) mass is 390 g/mol. The van der Waals surface area contributed by atoms with Crippen molar-refractivity contribution in [2.24, 2.45) is 17.8 Å². The number of likely N-dealkylation sites (tertiary alicyclic amines) is 1. The molecule has 154 valence electrons. The van der Waals surface area contributed by atoms with Crippen molar-refractivity contribution in [1.29, 1.82) is 0 Å². The number of carbonyl (C=O) groups is 1. The maximum absolute atomic E-state index is 13.0. The molecule has 2 saturated carbocycles. The fourth-order valence-corrected chi connectivity index (χ4v) is 4.63. The Kier molecular flexibility index (Phi) is 5.88. The first-order chi connectivity index (χ1) is 13.5. The van der Waals surface area contributed by atoms with Crippen LogP contribution in [0.2, 0.25) is 0 Å². The van der Waals surface area contributed by atoms with E-state index < -0.39 is 0 Å². The zero-order valence-electron chi connectivity index (χ0n) is 16.9. The highest BCUT2D eigenvalue weighted by atomic mass is 19.1. The van der Waals surface area contributed by atoms with E-state index in [0.717, 1.165) is 38.5 Å². The Morgan fingerprint density at radius 3 is 2.46 bits per heavy atom. The number of fused-ring (bicyclic) bond motifs is 1. The van der Waals surface area contributed by atoms with Crippen molar-refractivity contribution in [3.63, 3.8) is 0 Å². The zero-order valence-corrected chi connectivity index (χ0v) is 16.9. The van der Waals surface area contributed by atoms with E-state index >= 15 is 0 Å². The number of nitrogens with zero attached hydrogens (tertiary/aromatic N) is 2. The number of carbonyl (C=O) groups excluding carboxylic acids is 1. The summed E-state index contributed by atoms with van der Waals surface area (Å²) in [5, 5.41) is 0. The predicted molar refractivity (Wildman–Crippen MR) is 105 cm³/mol. The molecule has 0 bridgehead atoms. The van der Waals surface area contributed by atoms with Gasteiger partial charge in [-0.15, -0.1) is 0 Å². The van der Waals surface area contributed by atoms with E-state index in [1.807, 2.05) is 4.90 Å². The van der Waals surface area contributed by atoms with Crippen LogP contribution in [0.25, 0.3) is 0 Å². The van der Waals surface area contributed by atoms with Crippen LogP contribution >= 0.6 is 0 Å². The van der Waals surface area contributed by atoms with E-state index in [2.05, 4.69) is 19.0 Å². The summed E-state index contributed by atoms with van der Waals surface area (Å²) in [6.45, 7) is 2.49. The Labute approximate surface area is 166 Å². The Hall–Kier alpha value is -1.66. The summed E-state index contributed by atoms with van der Waals surface area (Å²) < 4.78 is 24.8. The first-order valence-corrected chi connectivity index (χ1v) is 10.4. The van der Waals surface area contributed by atoms with Crippen molar-refractivity contribution in [3.05, 3.63) is 30.1 Å². The molecule has 6 heteroatoms. The van der Waals surface area contributed by atoms with E-state index in [1.165, 1.54) is 25.0 Å². The average Bonchev–Trinajstić information content (AvgIpc) is 3.42. The van der Waals surface area contributed by atoms with Crippen molar-refractivity contribution < 1.29 is 18.7 Å². The molecule has 1 amide bonds. The molecule has 0 unspecified atom stereocenters. The van der Waals surface area contributed by atoms with Gasteiger partial charge in [-0.1, -0.05) is 0 Å². The van der Waals surface area contributed by atoms with Gasteiger partial charge in [-0.2, -0.15) is 0 Å². The molecule has 0 N–H and O–H groups in total. The van der Waals surface area contributed by atoms with Gasteiger partial charge < -0.3 is 19.3 Å². The molecule has 1 aromatic rings. The number of ether oxygens (including phenoxy) is 2. The molecule has 0 radical (unpaired) electrons. The fourth-order valence-electron chi connectivity index (χ4n) is 4.63. The molecule has 4 rings (SSSR count). The predicted octanol–water partition coefficient (Wildman–Crippen LogP) is 2.80. The highest BCUT2D eigenvalue weighted by molar-refractivity contribution is 5.78. The molecule has 0 aromatic heterocycles. The van der Waals surface area contributed by atoms with Crippen LogP contribution in [0, 0.1) is 23.6 Å². The summed E-state index contributed by atoms with van der Waals surface area (Å²) in [6, 6.07) is 6.21. The standard InChI is InChI=1S/C22H31FN2O3/c1-24(2)20-9-16-11-25(12-17(16)10-21(20)28-13-15-3-4-15)22(26)14-27-19-7-5-18(23)6-8-19/h5-8,15-17,20-21H,3-4,9-14H2,1-2H3/t16-,17+,20-,21-/m1/s1. The number of hydrogen-bond acceptors (Lipinski definition) is 4. The Bertz CT molecular complexity index is 677. The highest BCUT2D eigenvalue weighted by Gasteiger charge is 2.44. The van der Waals surface area contributed by atoms with Crippen LogP contribution < -0.4 is 4.74 Å². The van der Waals surface area contributed by atoms with Crippen LogP contribution in [0.15, 0.2) is 24.3 Å². The van der Waals surface area contributed by atoms with Gasteiger partial charge in [0.25, 0.3) is 5.91 Å². The van der Waals surface area contributed by atoms with Crippen LogP contribution in [-0.4, -0.2) is 68.3 Å². The molecule has 1 saturated heterocycles. The maximum Gasteiger partial charge on any atom is 0.260 e. The molecule has 2 aliphatic carbocycles. The molecular formula is C22H31FN2O3. The fraction of sp³-hybridized carbons (Fsp3) is 0.682. The summed E-state index contributed by atoms with van der Waals surface area (Å²) in [6.07, 6.45) is 4.99. The van der Waals surface area contributed by atoms with Crippen molar-refractivity contribution >= 4 is 5.91 Å². The third-order valence-corrected chi connectivity index (χ3v) is 6.52. The average molecular weight is 390 g/mol. The second-order valence-corrected chi connectivity index (χ2v) is 8.88. The Balaban J connectivity index is 1.31. The largest absolute Gasteiger partial charge is 0.484 e. The van der Waals surface area contributed by atoms with Gasteiger partial charge in [-0.05, 0) is 81.8 Å². The van der Waals surface area contributed by atoms with Crippen LogP contribution in [0.1, 0.15) is 25.7 Å². The number of benzene rings is 1. The summed E-state index contributed by atoms with van der Waals surface area (Å²) >= 11 is 0. The lowest BCUT2D eigenvalue weighted by Gasteiger charge is -2.41. The number of rotatable bonds is 7. The van der Waals surface area contributed by atoms with Gasteiger partial charge in [0.2, 0.25) is 0 Å². The van der Waals surface area contributed by atoms with E-state index in [9.17, 15) is 9.18 Å². The highest BCUT2D eigenvalue weighted by Crippen LogP contribution is 2.40. The van der Waals surface area contributed by atoms with Gasteiger partial charge in [0.05, 0.1) is 6.10 Å². The maximum atomic E-state index is 13.0. The molecule has 1 heterocycles. The molecule has 1 aliphatic heterocycles. The first kappa shape index (κ1) is 19.6. The summed E-state index contributed by atoms with van der Waals surface area (Å²) in [7, 11) is 4.26. The van der Waals surface area contributed by atoms with Crippen molar-refractivity contribution in [1.82, 2.24) is 9.80 Å². The number of amides is 1. The minimum atomic E-state index is -0.309. The lowest BCUT2D eigenvalue weighted by molar-refractivity contribution is -0.132. The third kappa shape index (κ3) is 4.66. The minimum absolute atomic E-state index is 0.00376. The van der Waals surface area contributed by atoms with Crippen molar-refractivity contribution in [2.75, 3.05) is 40.4 Å².